The van der Waals surface area contributed by atoms with E-state index in [4.69, 9.17) is 9.84 Å². The Morgan fingerprint density at radius 3 is 2.12 bits per heavy atom. The fourth-order valence-electron chi connectivity index (χ4n) is 4.35. The molecular formula is C27H34N2O5. The van der Waals surface area contributed by atoms with Crippen molar-refractivity contribution < 1.29 is 24.2 Å². The lowest BCUT2D eigenvalue weighted by Crippen LogP contribution is -2.48. The number of ether oxygens (including phenoxy) is 1. The number of hydrogen-bond acceptors (Lipinski definition) is 4. The minimum absolute atomic E-state index is 0.0493. The number of amides is 2. The molecule has 1 unspecified atom stereocenters. The lowest BCUT2D eigenvalue weighted by molar-refractivity contribution is -0.141. The second-order valence-electron chi connectivity index (χ2n) is 9.32. The highest BCUT2D eigenvalue weighted by atomic mass is 16.5. The molecule has 7 nitrogen and oxygen atoms in total. The first-order valence-electron chi connectivity index (χ1n) is 11.9. The van der Waals surface area contributed by atoms with Crippen LogP contribution in [0.3, 0.4) is 0 Å². The van der Waals surface area contributed by atoms with Gasteiger partial charge >= 0.3 is 12.1 Å². The molecule has 1 aliphatic rings. The van der Waals surface area contributed by atoms with E-state index in [2.05, 4.69) is 34.9 Å². The molecule has 1 aliphatic carbocycles. The van der Waals surface area contributed by atoms with Crippen molar-refractivity contribution >= 4 is 18.0 Å². The first-order chi connectivity index (χ1) is 16.3. The number of carbonyl (C=O) groups is 3. The fourth-order valence-corrected chi connectivity index (χ4v) is 4.35. The molecule has 0 aliphatic heterocycles. The Labute approximate surface area is 200 Å². The smallest absolute Gasteiger partial charge is 0.407 e. The standard InChI is InChI=1S/C27H34N2O5/c1-17(2)15-24(25(30)28-14-8-9-18(3)26(31)32)29-27(33)34-16-23-21-12-6-4-10-19(21)20-11-5-7-13-22(20)23/h4-7,10-13,17-18,23-24H,8-9,14-16H2,1-3H3,(H,28,30)(H,29,33)(H,31,32)/t18?,24-/m1/s1. The van der Waals surface area contributed by atoms with Gasteiger partial charge in [0.25, 0.3) is 0 Å². The molecule has 3 N–H and O–H groups in total. The second-order valence-corrected chi connectivity index (χ2v) is 9.32. The van der Waals surface area contributed by atoms with Crippen molar-refractivity contribution in [2.24, 2.45) is 11.8 Å². The highest BCUT2D eigenvalue weighted by molar-refractivity contribution is 5.85. The lowest BCUT2D eigenvalue weighted by atomic mass is 9.98. The van der Waals surface area contributed by atoms with Crippen LogP contribution >= 0.6 is 0 Å². The van der Waals surface area contributed by atoms with Crippen LogP contribution in [0.25, 0.3) is 11.1 Å². The molecule has 0 heterocycles. The summed E-state index contributed by atoms with van der Waals surface area (Å²) in [5, 5.41) is 14.5. The quantitative estimate of drug-likeness (QED) is 0.421. The van der Waals surface area contributed by atoms with Crippen LogP contribution in [0.2, 0.25) is 0 Å². The van der Waals surface area contributed by atoms with Crippen molar-refractivity contribution in [2.75, 3.05) is 13.2 Å². The van der Waals surface area contributed by atoms with Crippen LogP contribution in [0.4, 0.5) is 4.79 Å². The van der Waals surface area contributed by atoms with Crippen LogP contribution in [0, 0.1) is 11.8 Å². The van der Waals surface area contributed by atoms with Gasteiger partial charge in [-0.25, -0.2) is 4.79 Å². The average molecular weight is 467 g/mol. The summed E-state index contributed by atoms with van der Waals surface area (Å²) in [4.78, 5) is 36.2. The van der Waals surface area contributed by atoms with Gasteiger partial charge in [-0.1, -0.05) is 69.3 Å². The van der Waals surface area contributed by atoms with E-state index in [0.29, 0.717) is 25.8 Å². The minimum atomic E-state index is -0.846. The van der Waals surface area contributed by atoms with E-state index in [1.165, 1.54) is 0 Å². The molecule has 2 aromatic carbocycles. The van der Waals surface area contributed by atoms with E-state index < -0.39 is 24.0 Å². The first-order valence-corrected chi connectivity index (χ1v) is 11.9. The Morgan fingerprint density at radius 2 is 1.56 bits per heavy atom. The van der Waals surface area contributed by atoms with Crippen LogP contribution < -0.4 is 10.6 Å². The zero-order valence-electron chi connectivity index (χ0n) is 20.0. The van der Waals surface area contributed by atoms with E-state index in [0.717, 1.165) is 22.3 Å². The summed E-state index contributed by atoms with van der Waals surface area (Å²) in [5.74, 6) is -1.45. The van der Waals surface area contributed by atoms with Gasteiger partial charge in [-0.05, 0) is 47.4 Å². The van der Waals surface area contributed by atoms with Gasteiger partial charge in [0.05, 0.1) is 5.92 Å². The van der Waals surface area contributed by atoms with Crippen molar-refractivity contribution in [3.63, 3.8) is 0 Å². The number of alkyl carbamates (subject to hydrolysis) is 1. The summed E-state index contributed by atoms with van der Waals surface area (Å²) < 4.78 is 5.59. The van der Waals surface area contributed by atoms with E-state index in [9.17, 15) is 14.4 Å². The molecule has 3 rings (SSSR count). The Hall–Kier alpha value is -3.35. The molecule has 0 radical (unpaired) electrons. The number of hydrogen-bond donors (Lipinski definition) is 3. The topological polar surface area (TPSA) is 105 Å². The average Bonchev–Trinajstić information content (AvgIpc) is 3.13. The van der Waals surface area contributed by atoms with Crippen molar-refractivity contribution in [3.05, 3.63) is 59.7 Å². The molecule has 0 aromatic heterocycles. The van der Waals surface area contributed by atoms with Gasteiger partial charge in [0, 0.05) is 12.5 Å². The number of nitrogens with one attached hydrogen (secondary N) is 2. The number of carboxylic acids is 1. The minimum Gasteiger partial charge on any atom is -0.481 e. The van der Waals surface area contributed by atoms with Gasteiger partial charge in [-0.3, -0.25) is 9.59 Å². The summed E-state index contributed by atoms with van der Waals surface area (Å²) in [5.41, 5.74) is 4.56. The molecule has 2 aromatic rings. The second kappa shape index (κ2) is 11.7. The molecule has 0 spiro atoms. The van der Waals surface area contributed by atoms with E-state index in [1.54, 1.807) is 6.92 Å². The number of carboxylic acid groups (broad SMARTS) is 1. The van der Waals surface area contributed by atoms with Gasteiger partial charge in [0.1, 0.15) is 12.6 Å². The molecule has 182 valence electrons. The van der Waals surface area contributed by atoms with Gasteiger partial charge < -0.3 is 20.5 Å². The molecular weight excluding hydrogens is 432 g/mol. The maximum Gasteiger partial charge on any atom is 0.407 e. The largest absolute Gasteiger partial charge is 0.481 e. The molecule has 0 bridgehead atoms. The maximum absolute atomic E-state index is 12.7. The van der Waals surface area contributed by atoms with E-state index >= 15 is 0 Å². The fraction of sp³-hybridized carbons (Fsp3) is 0.444. The van der Waals surface area contributed by atoms with Crippen LogP contribution in [0.15, 0.2) is 48.5 Å². The van der Waals surface area contributed by atoms with Crippen molar-refractivity contribution in [1.29, 1.82) is 0 Å². The zero-order valence-corrected chi connectivity index (χ0v) is 20.0. The highest BCUT2D eigenvalue weighted by Gasteiger charge is 2.30. The normalized spacial score (nSPS) is 14.1. The van der Waals surface area contributed by atoms with Gasteiger partial charge in [0.15, 0.2) is 0 Å². The number of benzene rings is 2. The van der Waals surface area contributed by atoms with Crippen molar-refractivity contribution in [1.82, 2.24) is 10.6 Å². The zero-order chi connectivity index (χ0) is 24.7. The van der Waals surface area contributed by atoms with Crippen molar-refractivity contribution in [2.45, 2.75) is 52.0 Å². The summed E-state index contributed by atoms with van der Waals surface area (Å²) >= 11 is 0. The number of carbonyl (C=O) groups excluding carboxylic acids is 2. The van der Waals surface area contributed by atoms with Crippen LogP contribution in [-0.2, 0) is 14.3 Å². The predicted octanol–water partition coefficient (Wildman–Crippen LogP) is 4.56. The summed E-state index contributed by atoms with van der Waals surface area (Å²) in [6.45, 7) is 6.15. The highest BCUT2D eigenvalue weighted by Crippen LogP contribution is 2.44. The Morgan fingerprint density at radius 1 is 0.971 bits per heavy atom. The molecule has 0 fully saturated rings. The molecule has 0 saturated carbocycles. The van der Waals surface area contributed by atoms with Gasteiger partial charge in [-0.2, -0.15) is 0 Å². The third kappa shape index (κ3) is 6.37. The monoisotopic (exact) mass is 466 g/mol. The Balaban J connectivity index is 1.56. The summed E-state index contributed by atoms with van der Waals surface area (Å²) in [6.07, 6.45) is 0.881. The van der Waals surface area contributed by atoms with Crippen molar-refractivity contribution in [3.8, 4) is 11.1 Å². The molecule has 2 atom stereocenters. The Kier molecular flexibility index (Phi) is 8.68. The van der Waals surface area contributed by atoms with Gasteiger partial charge in [0.2, 0.25) is 5.91 Å². The number of aliphatic carboxylic acids is 1. The first kappa shape index (κ1) is 25.3. The SMILES string of the molecule is CC(C)C[C@@H](NC(=O)OCC1c2ccccc2-c2ccccc21)C(=O)NCCCC(C)C(=O)O. The lowest BCUT2D eigenvalue weighted by Gasteiger charge is -2.21. The van der Waals surface area contributed by atoms with Gasteiger partial charge in [-0.15, -0.1) is 0 Å². The molecule has 2 amide bonds. The van der Waals surface area contributed by atoms with Crippen LogP contribution in [0.5, 0.6) is 0 Å². The number of fused-ring (bicyclic) bond motifs is 3. The number of rotatable bonds is 11. The maximum atomic E-state index is 12.7. The molecule has 7 heteroatoms. The summed E-state index contributed by atoms with van der Waals surface area (Å²) in [7, 11) is 0. The predicted molar refractivity (Wildman–Crippen MR) is 130 cm³/mol. The molecule has 34 heavy (non-hydrogen) atoms. The third-order valence-corrected chi connectivity index (χ3v) is 6.19. The third-order valence-electron chi connectivity index (χ3n) is 6.19. The van der Waals surface area contributed by atoms with Crippen LogP contribution in [-0.4, -0.2) is 42.3 Å². The Bertz CT molecular complexity index is 974. The molecule has 0 saturated heterocycles. The summed E-state index contributed by atoms with van der Waals surface area (Å²) in [6, 6.07) is 15.5. The van der Waals surface area contributed by atoms with Crippen LogP contribution in [0.1, 0.15) is 57.1 Å². The van der Waals surface area contributed by atoms with E-state index in [-0.39, 0.29) is 24.3 Å². The van der Waals surface area contributed by atoms with E-state index in [1.807, 2.05) is 38.1 Å².